The summed E-state index contributed by atoms with van der Waals surface area (Å²) < 4.78 is 4.91. The standard InChI is InChI=1S/C10H19N3O/c1-7(12-10(3,4)5)6-9-11-8(2)14-13-9/h7,12H,6H2,1-5H3/t7-/m1/s1. The SMILES string of the molecule is Cc1nc(C[C@@H](C)NC(C)(C)C)no1. The summed E-state index contributed by atoms with van der Waals surface area (Å²) in [6.45, 7) is 10.4. The van der Waals surface area contributed by atoms with Crippen molar-refractivity contribution in [2.45, 2.75) is 52.6 Å². The highest BCUT2D eigenvalue weighted by atomic mass is 16.5. The smallest absolute Gasteiger partial charge is 0.223 e. The highest BCUT2D eigenvalue weighted by Gasteiger charge is 2.15. The van der Waals surface area contributed by atoms with Crippen LogP contribution in [0.2, 0.25) is 0 Å². The van der Waals surface area contributed by atoms with Crippen molar-refractivity contribution in [3.63, 3.8) is 0 Å². The van der Waals surface area contributed by atoms with Crippen LogP contribution in [0, 0.1) is 6.92 Å². The lowest BCUT2D eigenvalue weighted by atomic mass is 10.1. The van der Waals surface area contributed by atoms with Crippen molar-refractivity contribution < 1.29 is 4.52 Å². The molecule has 1 heterocycles. The molecule has 1 N–H and O–H groups in total. The molecule has 0 spiro atoms. The molecule has 0 fully saturated rings. The van der Waals surface area contributed by atoms with E-state index >= 15 is 0 Å². The van der Waals surface area contributed by atoms with Crippen LogP contribution >= 0.6 is 0 Å². The summed E-state index contributed by atoms with van der Waals surface area (Å²) in [5.41, 5.74) is 0.123. The van der Waals surface area contributed by atoms with Crippen LogP contribution in [0.1, 0.15) is 39.4 Å². The Balaban J connectivity index is 2.45. The van der Waals surface area contributed by atoms with Gasteiger partial charge in [-0.05, 0) is 27.7 Å². The first-order valence-corrected chi connectivity index (χ1v) is 4.94. The summed E-state index contributed by atoms with van der Waals surface area (Å²) in [6, 6.07) is 0.354. The van der Waals surface area contributed by atoms with Gasteiger partial charge in [0.25, 0.3) is 0 Å². The van der Waals surface area contributed by atoms with Crippen LogP contribution in [0.15, 0.2) is 4.52 Å². The van der Waals surface area contributed by atoms with Crippen molar-refractivity contribution in [2.24, 2.45) is 0 Å². The van der Waals surface area contributed by atoms with Gasteiger partial charge in [0.15, 0.2) is 5.82 Å². The van der Waals surface area contributed by atoms with Crippen LogP contribution in [0.4, 0.5) is 0 Å². The first-order valence-electron chi connectivity index (χ1n) is 4.94. The maximum atomic E-state index is 4.91. The van der Waals surface area contributed by atoms with Gasteiger partial charge in [0.2, 0.25) is 5.89 Å². The van der Waals surface area contributed by atoms with Crippen molar-refractivity contribution in [2.75, 3.05) is 0 Å². The highest BCUT2D eigenvalue weighted by Crippen LogP contribution is 2.05. The molecule has 1 aromatic heterocycles. The molecule has 14 heavy (non-hydrogen) atoms. The molecule has 0 saturated heterocycles. The number of nitrogens with zero attached hydrogens (tertiary/aromatic N) is 2. The van der Waals surface area contributed by atoms with Crippen LogP contribution in [-0.2, 0) is 6.42 Å². The fourth-order valence-electron chi connectivity index (χ4n) is 1.49. The summed E-state index contributed by atoms with van der Waals surface area (Å²) in [4.78, 5) is 4.16. The number of hydrogen-bond donors (Lipinski definition) is 1. The summed E-state index contributed by atoms with van der Waals surface area (Å²) in [5.74, 6) is 1.40. The van der Waals surface area contributed by atoms with Gasteiger partial charge in [-0.15, -0.1) is 0 Å². The van der Waals surface area contributed by atoms with Crippen LogP contribution in [0.25, 0.3) is 0 Å². The van der Waals surface area contributed by atoms with E-state index in [0.717, 1.165) is 12.2 Å². The fraction of sp³-hybridized carbons (Fsp3) is 0.800. The molecule has 0 radical (unpaired) electrons. The Hall–Kier alpha value is -0.900. The van der Waals surface area contributed by atoms with E-state index in [-0.39, 0.29) is 5.54 Å². The van der Waals surface area contributed by atoms with Gasteiger partial charge < -0.3 is 9.84 Å². The van der Waals surface area contributed by atoms with Gasteiger partial charge in [-0.1, -0.05) is 5.16 Å². The van der Waals surface area contributed by atoms with Crippen molar-refractivity contribution in [3.8, 4) is 0 Å². The maximum Gasteiger partial charge on any atom is 0.223 e. The molecule has 0 aromatic carbocycles. The lowest BCUT2D eigenvalue weighted by Gasteiger charge is -2.25. The third-order valence-electron chi connectivity index (χ3n) is 1.74. The number of aryl methyl sites for hydroxylation is 1. The van der Waals surface area contributed by atoms with E-state index in [1.54, 1.807) is 6.92 Å². The average Bonchev–Trinajstić information content (AvgIpc) is 2.30. The van der Waals surface area contributed by atoms with Gasteiger partial charge in [-0.2, -0.15) is 4.98 Å². The van der Waals surface area contributed by atoms with E-state index in [9.17, 15) is 0 Å². The second-order valence-electron chi connectivity index (χ2n) is 4.73. The van der Waals surface area contributed by atoms with Crippen LogP contribution in [0.5, 0.6) is 0 Å². The van der Waals surface area contributed by atoms with E-state index in [2.05, 4.69) is 43.2 Å². The number of nitrogens with one attached hydrogen (secondary N) is 1. The zero-order chi connectivity index (χ0) is 10.8. The molecule has 4 heteroatoms. The molecule has 1 atom stereocenters. The van der Waals surface area contributed by atoms with Crippen molar-refractivity contribution >= 4 is 0 Å². The average molecular weight is 197 g/mol. The third-order valence-corrected chi connectivity index (χ3v) is 1.74. The first kappa shape index (κ1) is 11.2. The summed E-state index contributed by atoms with van der Waals surface area (Å²) in [7, 11) is 0. The van der Waals surface area contributed by atoms with E-state index in [0.29, 0.717) is 11.9 Å². The minimum atomic E-state index is 0.123. The van der Waals surface area contributed by atoms with Gasteiger partial charge in [-0.3, -0.25) is 0 Å². The second kappa shape index (κ2) is 4.09. The van der Waals surface area contributed by atoms with Crippen LogP contribution < -0.4 is 5.32 Å². The van der Waals surface area contributed by atoms with Crippen molar-refractivity contribution in [3.05, 3.63) is 11.7 Å². The van der Waals surface area contributed by atoms with Crippen LogP contribution in [0.3, 0.4) is 0 Å². The third kappa shape index (κ3) is 3.87. The number of hydrogen-bond acceptors (Lipinski definition) is 4. The zero-order valence-electron chi connectivity index (χ0n) is 9.59. The predicted molar refractivity (Wildman–Crippen MR) is 55.1 cm³/mol. The number of aromatic nitrogens is 2. The first-order chi connectivity index (χ1) is 6.37. The fourth-order valence-corrected chi connectivity index (χ4v) is 1.49. The van der Waals surface area contributed by atoms with E-state index in [1.165, 1.54) is 0 Å². The minimum absolute atomic E-state index is 0.123. The normalized spacial score (nSPS) is 14.4. The van der Waals surface area contributed by atoms with Crippen molar-refractivity contribution in [1.82, 2.24) is 15.5 Å². The van der Waals surface area contributed by atoms with Gasteiger partial charge in [0.05, 0.1) is 0 Å². The molecular formula is C10H19N3O. The quantitative estimate of drug-likeness (QED) is 0.801. The Kier molecular flexibility index (Phi) is 3.26. The van der Waals surface area contributed by atoms with Gasteiger partial charge in [0.1, 0.15) is 0 Å². The monoisotopic (exact) mass is 197 g/mol. The summed E-state index contributed by atoms with van der Waals surface area (Å²) >= 11 is 0. The molecule has 0 bridgehead atoms. The molecule has 0 aliphatic heterocycles. The molecule has 0 amide bonds. The molecule has 0 unspecified atom stereocenters. The van der Waals surface area contributed by atoms with Crippen LogP contribution in [-0.4, -0.2) is 21.7 Å². The Labute approximate surface area is 85.1 Å². The molecule has 0 saturated carbocycles. The number of rotatable bonds is 3. The molecular weight excluding hydrogens is 178 g/mol. The predicted octanol–water partition coefficient (Wildman–Crippen LogP) is 1.70. The van der Waals surface area contributed by atoms with Crippen molar-refractivity contribution in [1.29, 1.82) is 0 Å². The lowest BCUT2D eigenvalue weighted by Crippen LogP contribution is -2.43. The molecule has 1 aromatic rings. The Morgan fingerprint density at radius 1 is 1.43 bits per heavy atom. The molecule has 0 aliphatic rings. The molecule has 1 rings (SSSR count). The molecule has 0 aliphatic carbocycles. The molecule has 80 valence electrons. The minimum Gasteiger partial charge on any atom is -0.340 e. The summed E-state index contributed by atoms with van der Waals surface area (Å²) in [5, 5.41) is 7.31. The second-order valence-corrected chi connectivity index (χ2v) is 4.73. The zero-order valence-corrected chi connectivity index (χ0v) is 9.59. The lowest BCUT2D eigenvalue weighted by molar-refractivity contribution is 0.356. The van der Waals surface area contributed by atoms with E-state index in [4.69, 9.17) is 4.52 Å². The maximum absolute atomic E-state index is 4.91. The largest absolute Gasteiger partial charge is 0.340 e. The highest BCUT2D eigenvalue weighted by molar-refractivity contribution is 4.89. The van der Waals surface area contributed by atoms with Gasteiger partial charge in [-0.25, -0.2) is 0 Å². The Morgan fingerprint density at radius 3 is 2.50 bits per heavy atom. The van der Waals surface area contributed by atoms with E-state index in [1.807, 2.05) is 0 Å². The van der Waals surface area contributed by atoms with Gasteiger partial charge >= 0.3 is 0 Å². The Morgan fingerprint density at radius 2 is 2.07 bits per heavy atom. The van der Waals surface area contributed by atoms with Gasteiger partial charge in [0, 0.05) is 24.9 Å². The summed E-state index contributed by atoms with van der Waals surface area (Å²) in [6.07, 6.45) is 0.800. The Bertz CT molecular complexity index is 288. The van der Waals surface area contributed by atoms with E-state index < -0.39 is 0 Å². The molecule has 4 nitrogen and oxygen atoms in total. The topological polar surface area (TPSA) is 51.0 Å².